The highest BCUT2D eigenvalue weighted by atomic mass is 19.4. The fourth-order valence-electron chi connectivity index (χ4n) is 6.64. The van der Waals surface area contributed by atoms with Crippen LogP contribution < -0.4 is 14.2 Å². The Bertz CT molecular complexity index is 2410. The quantitative estimate of drug-likeness (QED) is 0.0220. The summed E-state index contributed by atoms with van der Waals surface area (Å²) in [5.41, 5.74) is -7.76. The highest BCUT2D eigenvalue weighted by Gasteiger charge is 2.51. The Balaban J connectivity index is 1.87. The van der Waals surface area contributed by atoms with E-state index in [-0.39, 0.29) is 22.3 Å². The van der Waals surface area contributed by atoms with Crippen molar-refractivity contribution in [1.82, 2.24) is 0 Å². The number of benzene rings is 5. The third-order valence-corrected chi connectivity index (χ3v) is 9.12. The van der Waals surface area contributed by atoms with Gasteiger partial charge in [0, 0.05) is 41.7 Å². The van der Waals surface area contributed by atoms with Gasteiger partial charge in [-0.1, -0.05) is 60.7 Å². The maximum atomic E-state index is 15.2. The lowest BCUT2D eigenvalue weighted by atomic mass is 9.69. The Morgan fingerprint density at radius 1 is 0.603 bits per heavy atom. The van der Waals surface area contributed by atoms with E-state index in [1.807, 2.05) is 0 Å². The van der Waals surface area contributed by atoms with E-state index in [1.54, 1.807) is 0 Å². The number of hydrogen-bond donors (Lipinski definition) is 0. The molecule has 0 amide bonds. The molecule has 332 valence electrons. The van der Waals surface area contributed by atoms with Crippen molar-refractivity contribution in [3.63, 3.8) is 0 Å². The van der Waals surface area contributed by atoms with Crippen LogP contribution in [0.1, 0.15) is 28.4 Å². The third kappa shape index (κ3) is 11.2. The number of carbonyl (C=O) groups excluding carboxylic acids is 2. The van der Waals surface area contributed by atoms with Crippen LogP contribution in [-0.4, -0.2) is 53.5 Å². The lowest BCUT2D eigenvalue weighted by Crippen LogP contribution is -2.45. The van der Waals surface area contributed by atoms with Crippen LogP contribution in [0.3, 0.4) is 0 Å². The Morgan fingerprint density at radius 3 is 1.41 bits per heavy atom. The Labute approximate surface area is 347 Å². The fourth-order valence-corrected chi connectivity index (χ4v) is 6.64. The van der Waals surface area contributed by atoms with Crippen LogP contribution in [0.15, 0.2) is 109 Å². The second-order valence-corrected chi connectivity index (χ2v) is 13.2. The predicted molar refractivity (Wildman–Crippen MR) is 199 cm³/mol. The SMILES string of the molecule is CCOC(=O)C(Cc1c(-c2cccc(OC(F)(F)F)c2)cccc1[N+](=O)[O-])(Cc1c(-c2cccc(OC(F)(F)F)c2)cccc1[N+](=O)[O-])C(=O)c1cccc(OC(F)(F)C(F)F)c1. The van der Waals surface area contributed by atoms with Gasteiger partial charge < -0.3 is 18.9 Å². The first-order valence-corrected chi connectivity index (χ1v) is 17.9. The minimum Gasteiger partial charge on any atom is -0.465 e. The molecule has 0 radical (unpaired) electrons. The van der Waals surface area contributed by atoms with Gasteiger partial charge in [0.25, 0.3) is 11.4 Å². The monoisotopic (exact) mass is 898 g/mol. The second kappa shape index (κ2) is 18.4. The number of esters is 1. The number of alkyl halides is 10. The molecule has 0 aliphatic rings. The predicted octanol–water partition coefficient (Wildman–Crippen LogP) is 11.1. The lowest BCUT2D eigenvalue weighted by Gasteiger charge is -2.32. The summed E-state index contributed by atoms with van der Waals surface area (Å²) in [6.45, 7) is 0.692. The molecular weight excluding hydrogens is 870 g/mol. The molecule has 12 nitrogen and oxygen atoms in total. The number of ketones is 1. The summed E-state index contributed by atoms with van der Waals surface area (Å²) in [5.74, 6) is -5.77. The van der Waals surface area contributed by atoms with Crippen molar-refractivity contribution in [3.8, 4) is 39.5 Å². The van der Waals surface area contributed by atoms with Crippen molar-refractivity contribution in [2.24, 2.45) is 5.41 Å². The van der Waals surface area contributed by atoms with E-state index in [4.69, 9.17) is 4.74 Å². The van der Waals surface area contributed by atoms with Gasteiger partial charge in [0.2, 0.25) is 0 Å². The van der Waals surface area contributed by atoms with Crippen molar-refractivity contribution < 1.29 is 82.3 Å². The van der Waals surface area contributed by atoms with Crippen LogP contribution in [0.4, 0.5) is 55.3 Å². The molecule has 0 spiro atoms. The first-order valence-electron chi connectivity index (χ1n) is 17.9. The van der Waals surface area contributed by atoms with Crippen molar-refractivity contribution in [2.75, 3.05) is 6.61 Å². The van der Waals surface area contributed by atoms with Crippen molar-refractivity contribution in [1.29, 1.82) is 0 Å². The summed E-state index contributed by atoms with van der Waals surface area (Å²) in [5, 5.41) is 25.4. The third-order valence-electron chi connectivity index (χ3n) is 9.12. The van der Waals surface area contributed by atoms with E-state index in [2.05, 4.69) is 14.2 Å². The molecule has 0 saturated carbocycles. The maximum absolute atomic E-state index is 15.2. The molecule has 5 aromatic carbocycles. The topological polar surface area (TPSA) is 157 Å². The summed E-state index contributed by atoms with van der Waals surface area (Å²) >= 11 is 0. The zero-order valence-corrected chi connectivity index (χ0v) is 31.8. The van der Waals surface area contributed by atoms with Gasteiger partial charge in [0.05, 0.1) is 16.5 Å². The van der Waals surface area contributed by atoms with E-state index in [1.165, 1.54) is 19.1 Å². The second-order valence-electron chi connectivity index (χ2n) is 13.2. The number of Topliss-reactive ketones (excluding diaryl/α,β-unsaturated/α-hetero) is 1. The summed E-state index contributed by atoms with van der Waals surface area (Å²) in [7, 11) is 0. The molecular formula is C41H28F10N2O10. The van der Waals surface area contributed by atoms with E-state index in [0.29, 0.717) is 6.07 Å². The number of halogens is 10. The molecule has 0 aromatic heterocycles. The van der Waals surface area contributed by atoms with E-state index in [9.17, 15) is 68.9 Å². The Kier molecular flexibility index (Phi) is 13.7. The summed E-state index contributed by atoms with van der Waals surface area (Å²) in [4.78, 5) is 53.2. The normalized spacial score (nSPS) is 12.1. The van der Waals surface area contributed by atoms with Gasteiger partial charge in [-0.2, -0.15) is 17.6 Å². The van der Waals surface area contributed by atoms with Crippen molar-refractivity contribution in [2.45, 2.75) is 45.0 Å². The average Bonchev–Trinajstić information content (AvgIpc) is 3.19. The van der Waals surface area contributed by atoms with Gasteiger partial charge in [-0.3, -0.25) is 29.8 Å². The maximum Gasteiger partial charge on any atom is 0.573 e. The van der Waals surface area contributed by atoms with E-state index < -0.39 is 117 Å². The Hall–Kier alpha value is -7.26. The number of nitro benzene ring substituents is 2. The molecule has 63 heavy (non-hydrogen) atoms. The van der Waals surface area contributed by atoms with Gasteiger partial charge in [-0.05, 0) is 65.6 Å². The largest absolute Gasteiger partial charge is 0.573 e. The number of carbonyl (C=O) groups is 2. The Morgan fingerprint density at radius 2 is 1.02 bits per heavy atom. The summed E-state index contributed by atoms with van der Waals surface area (Å²) in [6, 6.07) is 17.2. The lowest BCUT2D eigenvalue weighted by molar-refractivity contribution is -0.385. The van der Waals surface area contributed by atoms with E-state index in [0.717, 1.165) is 91.0 Å². The number of ether oxygens (including phenoxy) is 4. The molecule has 0 aliphatic carbocycles. The average molecular weight is 899 g/mol. The molecule has 0 saturated heterocycles. The van der Waals surface area contributed by atoms with Crippen LogP contribution >= 0.6 is 0 Å². The molecule has 0 unspecified atom stereocenters. The number of nitro groups is 2. The molecule has 0 N–H and O–H groups in total. The number of hydrogen-bond acceptors (Lipinski definition) is 10. The van der Waals surface area contributed by atoms with Gasteiger partial charge in [0.15, 0.2) is 5.78 Å². The molecule has 0 bridgehead atoms. The van der Waals surface area contributed by atoms with Crippen LogP contribution in [0, 0.1) is 25.6 Å². The summed E-state index contributed by atoms with van der Waals surface area (Å²) in [6.07, 6.45) is -22.4. The first-order chi connectivity index (χ1) is 29.4. The summed E-state index contributed by atoms with van der Waals surface area (Å²) < 4.78 is 152. The van der Waals surface area contributed by atoms with Gasteiger partial charge in [-0.15, -0.1) is 26.3 Å². The molecule has 5 rings (SSSR count). The molecule has 0 aliphatic heterocycles. The molecule has 0 atom stereocenters. The minimum absolute atomic E-state index is 0.224. The zero-order valence-electron chi connectivity index (χ0n) is 31.8. The smallest absolute Gasteiger partial charge is 0.465 e. The fraction of sp³-hybridized carbons (Fsp3) is 0.220. The van der Waals surface area contributed by atoms with Crippen LogP contribution in [0.2, 0.25) is 0 Å². The highest BCUT2D eigenvalue weighted by molar-refractivity contribution is 6.13. The van der Waals surface area contributed by atoms with Gasteiger partial charge in [0.1, 0.15) is 22.7 Å². The first kappa shape index (κ1) is 46.8. The van der Waals surface area contributed by atoms with Gasteiger partial charge in [-0.25, -0.2) is 0 Å². The minimum atomic E-state index is -5.21. The van der Waals surface area contributed by atoms with Crippen LogP contribution in [0.5, 0.6) is 17.2 Å². The van der Waals surface area contributed by atoms with Crippen molar-refractivity contribution >= 4 is 23.1 Å². The molecule has 5 aromatic rings. The number of rotatable bonds is 17. The zero-order chi connectivity index (χ0) is 46.5. The van der Waals surface area contributed by atoms with Gasteiger partial charge >= 0.3 is 31.2 Å². The molecule has 22 heteroatoms. The van der Waals surface area contributed by atoms with Crippen LogP contribution in [-0.2, 0) is 22.4 Å². The molecule has 0 fully saturated rings. The van der Waals surface area contributed by atoms with Crippen molar-refractivity contribution in [3.05, 3.63) is 146 Å². The van der Waals surface area contributed by atoms with Crippen LogP contribution in [0.25, 0.3) is 22.3 Å². The number of nitrogens with zero attached hydrogens (tertiary/aromatic N) is 2. The molecule has 0 heterocycles. The standard InChI is InChI=1S/C41H28F10N2O10/c1-2-60-37(55)38(35(54)25-10-5-11-26(20-25)61-39(44,45)36(42)43,21-31-29(14-6-16-33(31)52(56)57)23-8-3-12-27(18-23)62-40(46,47)48)22-32-30(15-7-17-34(32)53(58)59)24-9-4-13-28(19-24)63-41(49,50)51/h3-20,36H,2,21-22H2,1H3. The van der Waals surface area contributed by atoms with E-state index >= 15 is 4.79 Å². The highest BCUT2D eigenvalue weighted by Crippen LogP contribution is 2.45.